The lowest BCUT2D eigenvalue weighted by Crippen LogP contribution is -2.22. The molecular formula is C11H14N2O2. The molecule has 0 spiro atoms. The van der Waals surface area contributed by atoms with E-state index in [1.807, 2.05) is 7.05 Å². The van der Waals surface area contributed by atoms with Gasteiger partial charge in [0, 0.05) is 25.5 Å². The van der Waals surface area contributed by atoms with Gasteiger partial charge in [0.25, 0.3) is 0 Å². The first kappa shape index (κ1) is 10.1. The fourth-order valence-electron chi connectivity index (χ4n) is 1.69. The highest BCUT2D eigenvalue weighted by Crippen LogP contribution is 2.12. The van der Waals surface area contributed by atoms with Gasteiger partial charge in [-0.05, 0) is 25.6 Å². The molecule has 15 heavy (non-hydrogen) atoms. The molecule has 0 N–H and O–H groups in total. The molecule has 2 rings (SSSR count). The Balaban J connectivity index is 1.93. The summed E-state index contributed by atoms with van der Waals surface area (Å²) in [7, 11) is 2.03. The molecule has 1 saturated heterocycles. The second-order valence-corrected chi connectivity index (χ2v) is 3.82. The van der Waals surface area contributed by atoms with Gasteiger partial charge in [-0.2, -0.15) is 0 Å². The Kier molecular flexibility index (Phi) is 2.97. The van der Waals surface area contributed by atoms with Crippen molar-refractivity contribution in [3.05, 3.63) is 30.1 Å². The molecule has 2 heterocycles. The van der Waals surface area contributed by atoms with E-state index in [4.69, 9.17) is 4.74 Å². The summed E-state index contributed by atoms with van der Waals surface area (Å²) >= 11 is 0. The Morgan fingerprint density at radius 3 is 3.13 bits per heavy atom. The Labute approximate surface area is 88.9 Å². The van der Waals surface area contributed by atoms with Gasteiger partial charge in [0.2, 0.25) is 0 Å². The van der Waals surface area contributed by atoms with E-state index in [2.05, 4.69) is 9.88 Å². The van der Waals surface area contributed by atoms with Crippen molar-refractivity contribution in [2.24, 2.45) is 0 Å². The van der Waals surface area contributed by atoms with Crippen LogP contribution in [0.4, 0.5) is 0 Å². The van der Waals surface area contributed by atoms with Gasteiger partial charge < -0.3 is 9.64 Å². The van der Waals surface area contributed by atoms with Gasteiger partial charge in [-0.25, -0.2) is 4.79 Å². The van der Waals surface area contributed by atoms with Crippen molar-refractivity contribution < 1.29 is 9.53 Å². The van der Waals surface area contributed by atoms with Crippen molar-refractivity contribution in [2.75, 3.05) is 20.1 Å². The molecule has 1 aliphatic rings. The van der Waals surface area contributed by atoms with Gasteiger partial charge >= 0.3 is 5.97 Å². The van der Waals surface area contributed by atoms with E-state index in [0.717, 1.165) is 19.5 Å². The van der Waals surface area contributed by atoms with Crippen molar-refractivity contribution in [1.29, 1.82) is 0 Å². The lowest BCUT2D eigenvalue weighted by atomic mass is 10.3. The molecule has 0 bridgehead atoms. The van der Waals surface area contributed by atoms with Crippen molar-refractivity contribution in [3.8, 4) is 0 Å². The van der Waals surface area contributed by atoms with E-state index in [9.17, 15) is 4.79 Å². The minimum absolute atomic E-state index is 0.0303. The monoisotopic (exact) mass is 206 g/mol. The molecule has 1 atom stereocenters. The van der Waals surface area contributed by atoms with E-state index >= 15 is 0 Å². The summed E-state index contributed by atoms with van der Waals surface area (Å²) in [5.41, 5.74) is 0.520. The van der Waals surface area contributed by atoms with Crippen LogP contribution in [0.15, 0.2) is 24.5 Å². The number of carbonyl (C=O) groups excluding carboxylic acids is 1. The fraction of sp³-hybridized carbons (Fsp3) is 0.455. The van der Waals surface area contributed by atoms with Crippen LogP contribution in [0.3, 0.4) is 0 Å². The molecule has 0 unspecified atom stereocenters. The molecule has 1 aromatic rings. The molecule has 4 nitrogen and oxygen atoms in total. The zero-order chi connectivity index (χ0) is 10.7. The standard InChI is InChI=1S/C11H14N2O2/c1-13-6-4-10(8-13)15-11(14)9-3-2-5-12-7-9/h2-3,5,7,10H,4,6,8H2,1H3/t10-/m1/s1. The maximum absolute atomic E-state index is 11.6. The molecule has 4 heteroatoms. The largest absolute Gasteiger partial charge is 0.457 e. The minimum Gasteiger partial charge on any atom is -0.457 e. The summed E-state index contributed by atoms with van der Waals surface area (Å²) in [6, 6.07) is 3.45. The van der Waals surface area contributed by atoms with E-state index in [1.54, 1.807) is 18.3 Å². The van der Waals surface area contributed by atoms with Crippen LogP contribution >= 0.6 is 0 Å². The SMILES string of the molecule is CN1CC[C@@H](OC(=O)c2cccnc2)C1. The number of hydrogen-bond acceptors (Lipinski definition) is 4. The number of aromatic nitrogens is 1. The molecule has 80 valence electrons. The Hall–Kier alpha value is -1.42. The number of carbonyl (C=O) groups is 1. The highest BCUT2D eigenvalue weighted by molar-refractivity contribution is 5.89. The number of rotatable bonds is 2. The van der Waals surface area contributed by atoms with Gasteiger partial charge in [-0.15, -0.1) is 0 Å². The minimum atomic E-state index is -0.275. The summed E-state index contributed by atoms with van der Waals surface area (Å²) in [4.78, 5) is 17.7. The summed E-state index contributed by atoms with van der Waals surface area (Å²) in [5, 5.41) is 0. The average molecular weight is 206 g/mol. The smallest absolute Gasteiger partial charge is 0.340 e. The molecule has 1 fully saturated rings. The molecular weight excluding hydrogens is 192 g/mol. The van der Waals surface area contributed by atoms with Crippen LogP contribution < -0.4 is 0 Å². The van der Waals surface area contributed by atoms with E-state index in [-0.39, 0.29) is 12.1 Å². The Morgan fingerprint density at radius 2 is 2.53 bits per heavy atom. The van der Waals surface area contributed by atoms with Crippen LogP contribution in [0, 0.1) is 0 Å². The lowest BCUT2D eigenvalue weighted by molar-refractivity contribution is 0.0326. The van der Waals surface area contributed by atoms with Crippen molar-refractivity contribution >= 4 is 5.97 Å². The topological polar surface area (TPSA) is 42.4 Å². The van der Waals surface area contributed by atoms with Gasteiger partial charge in [0.05, 0.1) is 5.56 Å². The van der Waals surface area contributed by atoms with Crippen LogP contribution in [-0.2, 0) is 4.74 Å². The maximum atomic E-state index is 11.6. The first-order chi connectivity index (χ1) is 7.25. The van der Waals surface area contributed by atoms with Gasteiger partial charge in [-0.3, -0.25) is 4.98 Å². The molecule has 1 aromatic heterocycles. The number of likely N-dealkylation sites (tertiary alicyclic amines) is 1. The molecule has 0 aromatic carbocycles. The van der Waals surface area contributed by atoms with Crippen molar-refractivity contribution in [3.63, 3.8) is 0 Å². The number of ether oxygens (including phenoxy) is 1. The summed E-state index contributed by atoms with van der Waals surface area (Å²) in [5.74, 6) is -0.275. The van der Waals surface area contributed by atoms with Gasteiger partial charge in [0.1, 0.15) is 6.10 Å². The molecule has 0 amide bonds. The third-order valence-corrected chi connectivity index (χ3v) is 2.52. The van der Waals surface area contributed by atoms with Crippen LogP contribution in [0.1, 0.15) is 16.8 Å². The first-order valence-corrected chi connectivity index (χ1v) is 5.05. The predicted molar refractivity (Wildman–Crippen MR) is 55.6 cm³/mol. The molecule has 0 aliphatic carbocycles. The average Bonchev–Trinajstić information content (AvgIpc) is 2.65. The quantitative estimate of drug-likeness (QED) is 0.675. The van der Waals surface area contributed by atoms with Gasteiger partial charge in [-0.1, -0.05) is 0 Å². The zero-order valence-corrected chi connectivity index (χ0v) is 8.72. The van der Waals surface area contributed by atoms with Crippen LogP contribution in [-0.4, -0.2) is 42.1 Å². The number of esters is 1. The number of hydrogen-bond donors (Lipinski definition) is 0. The zero-order valence-electron chi connectivity index (χ0n) is 8.72. The van der Waals surface area contributed by atoms with Crippen molar-refractivity contribution in [1.82, 2.24) is 9.88 Å². The summed E-state index contributed by atoms with van der Waals surface area (Å²) in [6.07, 6.45) is 4.12. The van der Waals surface area contributed by atoms with Crippen molar-refractivity contribution in [2.45, 2.75) is 12.5 Å². The maximum Gasteiger partial charge on any atom is 0.340 e. The third kappa shape index (κ3) is 2.53. The second-order valence-electron chi connectivity index (χ2n) is 3.82. The molecule has 0 radical (unpaired) electrons. The third-order valence-electron chi connectivity index (χ3n) is 2.52. The molecule has 1 aliphatic heterocycles. The number of nitrogens with zero attached hydrogens (tertiary/aromatic N) is 2. The van der Waals surface area contributed by atoms with Gasteiger partial charge in [0.15, 0.2) is 0 Å². The Morgan fingerprint density at radius 1 is 1.67 bits per heavy atom. The second kappa shape index (κ2) is 4.40. The normalized spacial score (nSPS) is 21.5. The first-order valence-electron chi connectivity index (χ1n) is 5.05. The van der Waals surface area contributed by atoms with Crippen LogP contribution in [0.5, 0.6) is 0 Å². The highest BCUT2D eigenvalue weighted by Gasteiger charge is 2.23. The van der Waals surface area contributed by atoms with E-state index in [1.165, 1.54) is 6.20 Å². The number of pyridine rings is 1. The summed E-state index contributed by atoms with van der Waals surface area (Å²) < 4.78 is 5.35. The summed E-state index contributed by atoms with van der Waals surface area (Å²) in [6.45, 7) is 1.82. The lowest BCUT2D eigenvalue weighted by Gasteiger charge is -2.11. The van der Waals surface area contributed by atoms with Crippen LogP contribution in [0.2, 0.25) is 0 Å². The fourth-order valence-corrected chi connectivity index (χ4v) is 1.69. The van der Waals surface area contributed by atoms with E-state index in [0.29, 0.717) is 5.56 Å². The Bertz CT molecular complexity index is 340. The molecule has 0 saturated carbocycles. The highest BCUT2D eigenvalue weighted by atomic mass is 16.5. The van der Waals surface area contributed by atoms with E-state index < -0.39 is 0 Å². The number of likely N-dealkylation sites (N-methyl/N-ethyl adjacent to an activating group) is 1. The van der Waals surface area contributed by atoms with Crippen LogP contribution in [0.25, 0.3) is 0 Å². The predicted octanol–water partition coefficient (Wildman–Crippen LogP) is 0.943.